The molecule has 0 saturated heterocycles. The van der Waals surface area contributed by atoms with Crippen LogP contribution in [0, 0.1) is 5.82 Å². The van der Waals surface area contributed by atoms with Crippen molar-refractivity contribution in [2.45, 2.75) is 6.42 Å². The quantitative estimate of drug-likeness (QED) is 0.425. The van der Waals surface area contributed by atoms with Gasteiger partial charge in [-0.25, -0.2) is 4.39 Å². The fourth-order valence-corrected chi connectivity index (χ4v) is 1.20. The number of hydrogen-bond donors (Lipinski definition) is 2. The van der Waals surface area contributed by atoms with Gasteiger partial charge in [-0.3, -0.25) is 0 Å². The molecule has 0 atom stereocenters. The zero-order chi connectivity index (χ0) is 11.8. The lowest BCUT2D eigenvalue weighted by molar-refractivity contribution is 0.149. The molecule has 0 radical (unpaired) electrons. The monoisotopic (exact) mass is 224 g/mol. The number of halogens is 1. The molecule has 0 bridgehead atoms. The van der Waals surface area contributed by atoms with Gasteiger partial charge in [0.15, 0.2) is 0 Å². The molecule has 0 spiro atoms. The van der Waals surface area contributed by atoms with Gasteiger partial charge in [-0.2, -0.15) is 0 Å². The van der Waals surface area contributed by atoms with Gasteiger partial charge in [-0.1, -0.05) is 6.08 Å². The van der Waals surface area contributed by atoms with Gasteiger partial charge in [0.2, 0.25) is 0 Å². The van der Waals surface area contributed by atoms with Crippen LogP contribution in [0.1, 0.15) is 6.42 Å². The molecule has 16 heavy (non-hydrogen) atoms. The van der Waals surface area contributed by atoms with E-state index < -0.39 is 0 Å². The molecule has 1 aromatic rings. The van der Waals surface area contributed by atoms with Crippen LogP contribution < -0.4 is 11.1 Å². The maximum absolute atomic E-state index is 13.3. The highest BCUT2D eigenvalue weighted by atomic mass is 19.1. The number of benzene rings is 1. The number of ether oxygens (including phenoxy) is 1. The van der Waals surface area contributed by atoms with Crippen LogP contribution >= 0.6 is 0 Å². The molecule has 3 N–H and O–H groups in total. The van der Waals surface area contributed by atoms with Crippen molar-refractivity contribution in [3.8, 4) is 0 Å². The number of rotatable bonds is 7. The fourth-order valence-electron chi connectivity index (χ4n) is 1.20. The van der Waals surface area contributed by atoms with Gasteiger partial charge in [0.05, 0.1) is 18.9 Å². The SMILES string of the molecule is C=CCCOCCNc1ccc(N)cc1F. The van der Waals surface area contributed by atoms with Crippen molar-refractivity contribution in [3.05, 3.63) is 36.7 Å². The van der Waals surface area contributed by atoms with Crippen molar-refractivity contribution >= 4 is 11.4 Å². The summed E-state index contributed by atoms with van der Waals surface area (Å²) < 4.78 is 18.6. The number of nitrogen functional groups attached to an aromatic ring is 1. The van der Waals surface area contributed by atoms with Crippen molar-refractivity contribution < 1.29 is 9.13 Å². The van der Waals surface area contributed by atoms with Gasteiger partial charge in [-0.15, -0.1) is 6.58 Å². The molecule has 0 heterocycles. The highest BCUT2D eigenvalue weighted by molar-refractivity contribution is 5.52. The normalized spacial score (nSPS) is 10.1. The van der Waals surface area contributed by atoms with Crippen LogP contribution in [-0.2, 0) is 4.74 Å². The molecule has 0 aliphatic carbocycles. The topological polar surface area (TPSA) is 47.3 Å². The van der Waals surface area contributed by atoms with Crippen LogP contribution in [0.2, 0.25) is 0 Å². The van der Waals surface area contributed by atoms with Crippen molar-refractivity contribution in [3.63, 3.8) is 0 Å². The minimum atomic E-state index is -0.342. The standard InChI is InChI=1S/C12H17FN2O/c1-2-3-7-16-8-6-15-12-5-4-10(14)9-11(12)13/h2,4-5,9,15H,1,3,6-8,14H2. The predicted molar refractivity (Wildman–Crippen MR) is 64.9 cm³/mol. The molecule has 88 valence electrons. The zero-order valence-corrected chi connectivity index (χ0v) is 9.21. The number of hydrogen-bond acceptors (Lipinski definition) is 3. The first-order valence-corrected chi connectivity index (χ1v) is 5.21. The van der Waals surface area contributed by atoms with E-state index in [2.05, 4.69) is 11.9 Å². The second kappa shape index (κ2) is 6.85. The van der Waals surface area contributed by atoms with Crippen LogP contribution in [0.15, 0.2) is 30.9 Å². The molecule has 0 aliphatic heterocycles. The Morgan fingerprint density at radius 1 is 1.44 bits per heavy atom. The fraction of sp³-hybridized carbons (Fsp3) is 0.333. The molecule has 0 amide bonds. The zero-order valence-electron chi connectivity index (χ0n) is 9.21. The van der Waals surface area contributed by atoms with E-state index in [1.54, 1.807) is 18.2 Å². The van der Waals surface area contributed by atoms with E-state index in [1.807, 2.05) is 0 Å². The van der Waals surface area contributed by atoms with Gasteiger partial charge in [0.1, 0.15) is 5.82 Å². The third-order valence-corrected chi connectivity index (χ3v) is 2.02. The van der Waals surface area contributed by atoms with Crippen LogP contribution in [0.5, 0.6) is 0 Å². The molecule has 0 fully saturated rings. The van der Waals surface area contributed by atoms with Crippen LogP contribution in [0.3, 0.4) is 0 Å². The lowest BCUT2D eigenvalue weighted by atomic mass is 10.2. The largest absolute Gasteiger partial charge is 0.399 e. The molecule has 0 aliphatic rings. The van der Waals surface area contributed by atoms with Crippen molar-refractivity contribution in [2.24, 2.45) is 0 Å². The molecule has 0 saturated carbocycles. The Morgan fingerprint density at radius 2 is 2.25 bits per heavy atom. The lowest BCUT2D eigenvalue weighted by Crippen LogP contribution is -2.10. The third-order valence-electron chi connectivity index (χ3n) is 2.02. The highest BCUT2D eigenvalue weighted by Gasteiger charge is 2.00. The molecular weight excluding hydrogens is 207 g/mol. The van der Waals surface area contributed by atoms with E-state index >= 15 is 0 Å². The summed E-state index contributed by atoms with van der Waals surface area (Å²) in [5.74, 6) is -0.342. The molecule has 0 aromatic heterocycles. The van der Waals surface area contributed by atoms with Gasteiger partial charge in [0, 0.05) is 12.2 Å². The molecule has 0 unspecified atom stereocenters. The number of anilines is 2. The summed E-state index contributed by atoms with van der Waals surface area (Å²) in [7, 11) is 0. The smallest absolute Gasteiger partial charge is 0.148 e. The van der Waals surface area contributed by atoms with Gasteiger partial charge in [0.25, 0.3) is 0 Å². The van der Waals surface area contributed by atoms with E-state index in [4.69, 9.17) is 10.5 Å². The van der Waals surface area contributed by atoms with Crippen molar-refractivity contribution in [1.82, 2.24) is 0 Å². The number of nitrogens with one attached hydrogen (secondary N) is 1. The molecule has 1 rings (SSSR count). The first-order chi connectivity index (χ1) is 7.74. The maximum atomic E-state index is 13.3. The Balaban J connectivity index is 2.24. The Morgan fingerprint density at radius 3 is 2.94 bits per heavy atom. The molecule has 3 nitrogen and oxygen atoms in total. The second-order valence-corrected chi connectivity index (χ2v) is 3.36. The molecule has 1 aromatic carbocycles. The Kier molecular flexibility index (Phi) is 5.36. The summed E-state index contributed by atoms with van der Waals surface area (Å²) in [5, 5.41) is 2.94. The van der Waals surface area contributed by atoms with Crippen molar-refractivity contribution in [2.75, 3.05) is 30.8 Å². The molecule has 4 heteroatoms. The van der Waals surface area contributed by atoms with Gasteiger partial charge < -0.3 is 15.8 Å². The first-order valence-electron chi connectivity index (χ1n) is 5.21. The Labute approximate surface area is 95.1 Å². The number of nitrogens with two attached hydrogens (primary N) is 1. The molecular formula is C12H17FN2O. The average Bonchev–Trinajstić information content (AvgIpc) is 2.26. The van der Waals surface area contributed by atoms with Crippen LogP contribution in [0.4, 0.5) is 15.8 Å². The predicted octanol–water partition coefficient (Wildman–Crippen LogP) is 2.41. The Bertz CT molecular complexity index is 342. The maximum Gasteiger partial charge on any atom is 0.148 e. The summed E-state index contributed by atoms with van der Waals surface area (Å²) in [6, 6.07) is 4.57. The summed E-state index contributed by atoms with van der Waals surface area (Å²) in [4.78, 5) is 0. The second-order valence-electron chi connectivity index (χ2n) is 3.36. The highest BCUT2D eigenvalue weighted by Crippen LogP contribution is 2.16. The third kappa shape index (κ3) is 4.31. The van der Waals surface area contributed by atoms with Gasteiger partial charge in [-0.05, 0) is 24.6 Å². The lowest BCUT2D eigenvalue weighted by Gasteiger charge is -2.08. The van der Waals surface area contributed by atoms with E-state index in [0.29, 0.717) is 31.1 Å². The first kappa shape index (κ1) is 12.5. The van der Waals surface area contributed by atoms with Crippen molar-refractivity contribution in [1.29, 1.82) is 0 Å². The van der Waals surface area contributed by atoms with E-state index in [0.717, 1.165) is 6.42 Å². The minimum Gasteiger partial charge on any atom is -0.399 e. The van der Waals surface area contributed by atoms with Crippen LogP contribution in [-0.4, -0.2) is 19.8 Å². The van der Waals surface area contributed by atoms with E-state index in [1.165, 1.54) is 6.07 Å². The average molecular weight is 224 g/mol. The summed E-state index contributed by atoms with van der Waals surface area (Å²) in [6.45, 7) is 5.34. The summed E-state index contributed by atoms with van der Waals surface area (Å²) in [6.07, 6.45) is 2.63. The van der Waals surface area contributed by atoms with Gasteiger partial charge >= 0.3 is 0 Å². The minimum absolute atomic E-state index is 0.342. The van der Waals surface area contributed by atoms with E-state index in [9.17, 15) is 4.39 Å². The Hall–Kier alpha value is -1.55. The summed E-state index contributed by atoms with van der Waals surface area (Å²) in [5.41, 5.74) is 6.30. The van der Waals surface area contributed by atoms with E-state index in [-0.39, 0.29) is 5.82 Å². The summed E-state index contributed by atoms with van der Waals surface area (Å²) >= 11 is 0. The van der Waals surface area contributed by atoms with Crippen LogP contribution in [0.25, 0.3) is 0 Å².